The quantitative estimate of drug-likeness (QED) is 0.875. The molecule has 1 aromatic carbocycles. The average molecular weight is 229 g/mol. The van der Waals surface area contributed by atoms with E-state index >= 15 is 0 Å². The van der Waals surface area contributed by atoms with E-state index < -0.39 is 5.97 Å². The van der Waals surface area contributed by atoms with Gasteiger partial charge in [0.2, 0.25) is 0 Å². The molecule has 0 saturated carbocycles. The van der Waals surface area contributed by atoms with Crippen LogP contribution >= 0.6 is 0 Å². The van der Waals surface area contributed by atoms with E-state index in [4.69, 9.17) is 5.11 Å². The van der Waals surface area contributed by atoms with Crippen LogP contribution in [0.2, 0.25) is 0 Å². The molecule has 17 heavy (non-hydrogen) atoms. The van der Waals surface area contributed by atoms with Crippen LogP contribution in [0.3, 0.4) is 0 Å². The molecule has 2 aromatic rings. The summed E-state index contributed by atoms with van der Waals surface area (Å²) in [6, 6.07) is 11.8. The van der Waals surface area contributed by atoms with Gasteiger partial charge in [-0.25, -0.2) is 4.79 Å². The van der Waals surface area contributed by atoms with Gasteiger partial charge in [-0.3, -0.25) is 0 Å². The lowest BCUT2D eigenvalue weighted by atomic mass is 10.1. The molecule has 1 aromatic heterocycles. The van der Waals surface area contributed by atoms with E-state index in [2.05, 4.69) is 12.1 Å². The van der Waals surface area contributed by atoms with E-state index in [1.54, 1.807) is 6.07 Å². The van der Waals surface area contributed by atoms with E-state index in [9.17, 15) is 4.79 Å². The van der Waals surface area contributed by atoms with Crippen molar-refractivity contribution in [1.29, 1.82) is 0 Å². The Morgan fingerprint density at radius 3 is 2.53 bits per heavy atom. The third kappa shape index (κ3) is 2.56. The topological polar surface area (TPSA) is 42.2 Å². The number of aromatic nitrogens is 1. The number of rotatable bonds is 4. The molecule has 0 aliphatic carbocycles. The van der Waals surface area contributed by atoms with Crippen LogP contribution in [-0.4, -0.2) is 15.6 Å². The Morgan fingerprint density at radius 2 is 1.94 bits per heavy atom. The van der Waals surface area contributed by atoms with Crippen molar-refractivity contribution in [2.75, 3.05) is 0 Å². The predicted molar refractivity (Wildman–Crippen MR) is 66.3 cm³/mol. The first-order valence-electron chi connectivity index (χ1n) is 5.61. The second kappa shape index (κ2) is 4.87. The monoisotopic (exact) mass is 229 g/mol. The molecule has 0 fully saturated rings. The highest BCUT2D eigenvalue weighted by atomic mass is 16.4. The van der Waals surface area contributed by atoms with E-state index in [1.807, 2.05) is 35.9 Å². The van der Waals surface area contributed by atoms with Crippen LogP contribution in [0, 0.1) is 6.92 Å². The molecule has 0 bridgehead atoms. The molecule has 1 N–H and O–H groups in total. The highest BCUT2D eigenvalue weighted by Gasteiger charge is 2.10. The summed E-state index contributed by atoms with van der Waals surface area (Å²) in [4.78, 5) is 10.9. The Hall–Kier alpha value is -2.03. The van der Waals surface area contributed by atoms with Crippen LogP contribution < -0.4 is 0 Å². The highest BCUT2D eigenvalue weighted by molar-refractivity contribution is 5.88. The summed E-state index contributed by atoms with van der Waals surface area (Å²) in [5.41, 5.74) is 2.46. The lowest BCUT2D eigenvalue weighted by molar-refractivity contribution is 0.0696. The first-order chi connectivity index (χ1) is 8.18. The first-order valence-corrected chi connectivity index (χ1v) is 5.61. The minimum absolute atomic E-state index is 0.387. The average Bonchev–Trinajstić information content (AvgIpc) is 2.69. The molecule has 88 valence electrons. The van der Waals surface area contributed by atoms with Gasteiger partial charge in [0.05, 0.1) is 5.56 Å². The maximum atomic E-state index is 10.9. The summed E-state index contributed by atoms with van der Waals surface area (Å²) in [7, 11) is 0. The van der Waals surface area contributed by atoms with Crippen LogP contribution in [0.4, 0.5) is 0 Å². The van der Waals surface area contributed by atoms with Crippen LogP contribution in [-0.2, 0) is 13.0 Å². The fourth-order valence-electron chi connectivity index (χ4n) is 1.91. The number of benzene rings is 1. The maximum Gasteiger partial charge on any atom is 0.337 e. The van der Waals surface area contributed by atoms with Gasteiger partial charge >= 0.3 is 5.97 Å². The molecule has 3 nitrogen and oxygen atoms in total. The lowest BCUT2D eigenvalue weighted by Gasteiger charge is -2.06. The van der Waals surface area contributed by atoms with Gasteiger partial charge in [-0.15, -0.1) is 0 Å². The molecular weight excluding hydrogens is 214 g/mol. The number of aromatic carboxylic acids is 1. The molecule has 0 radical (unpaired) electrons. The number of nitrogens with zero attached hydrogens (tertiary/aromatic N) is 1. The molecule has 2 rings (SSSR count). The number of aryl methyl sites for hydroxylation is 2. The Labute approximate surface area is 100 Å². The SMILES string of the molecule is Cc1c(C(=O)O)ccn1CCc1ccccc1. The standard InChI is InChI=1S/C14H15NO2/c1-11-13(14(16)17)8-10-15(11)9-7-12-5-3-2-4-6-12/h2-6,8,10H,7,9H2,1H3,(H,16,17). The largest absolute Gasteiger partial charge is 0.478 e. The second-order valence-electron chi connectivity index (χ2n) is 4.05. The molecule has 0 spiro atoms. The Kier molecular flexibility index (Phi) is 3.28. The van der Waals surface area contributed by atoms with Gasteiger partial charge in [0, 0.05) is 18.4 Å². The van der Waals surface area contributed by atoms with Crippen LogP contribution in [0.25, 0.3) is 0 Å². The number of hydrogen-bond acceptors (Lipinski definition) is 1. The van der Waals surface area contributed by atoms with Gasteiger partial charge in [0.1, 0.15) is 0 Å². The van der Waals surface area contributed by atoms with Gasteiger partial charge in [-0.2, -0.15) is 0 Å². The van der Waals surface area contributed by atoms with Crippen LogP contribution in [0.5, 0.6) is 0 Å². The maximum absolute atomic E-state index is 10.9. The van der Waals surface area contributed by atoms with Crippen molar-refractivity contribution in [2.24, 2.45) is 0 Å². The lowest BCUT2D eigenvalue weighted by Crippen LogP contribution is -2.04. The van der Waals surface area contributed by atoms with Gasteiger partial charge in [-0.1, -0.05) is 30.3 Å². The number of carbonyl (C=O) groups is 1. The summed E-state index contributed by atoms with van der Waals surface area (Å²) in [5, 5.41) is 8.95. The molecule has 0 amide bonds. The normalized spacial score (nSPS) is 10.4. The number of hydrogen-bond donors (Lipinski definition) is 1. The first kappa shape index (κ1) is 11.5. The van der Waals surface area contributed by atoms with E-state index in [0.29, 0.717) is 5.56 Å². The van der Waals surface area contributed by atoms with Gasteiger partial charge < -0.3 is 9.67 Å². The van der Waals surface area contributed by atoms with Gasteiger partial charge in [-0.05, 0) is 25.0 Å². The van der Waals surface area contributed by atoms with Crippen molar-refractivity contribution in [3.8, 4) is 0 Å². The van der Waals surface area contributed by atoms with E-state index in [1.165, 1.54) is 5.56 Å². The van der Waals surface area contributed by atoms with Gasteiger partial charge in [0.25, 0.3) is 0 Å². The third-order valence-corrected chi connectivity index (χ3v) is 2.96. The summed E-state index contributed by atoms with van der Waals surface area (Å²) in [5.74, 6) is -0.860. The van der Waals surface area contributed by atoms with Crippen molar-refractivity contribution < 1.29 is 9.90 Å². The zero-order chi connectivity index (χ0) is 12.3. The number of carboxylic acid groups (broad SMARTS) is 1. The van der Waals surface area contributed by atoms with Crippen molar-refractivity contribution in [3.63, 3.8) is 0 Å². The summed E-state index contributed by atoms with van der Waals surface area (Å²) >= 11 is 0. The fourth-order valence-corrected chi connectivity index (χ4v) is 1.91. The minimum atomic E-state index is -0.860. The zero-order valence-electron chi connectivity index (χ0n) is 9.76. The molecule has 3 heteroatoms. The van der Waals surface area contributed by atoms with Crippen molar-refractivity contribution >= 4 is 5.97 Å². The molecule has 0 saturated heterocycles. The summed E-state index contributed by atoms with van der Waals surface area (Å²) < 4.78 is 1.98. The van der Waals surface area contributed by atoms with Crippen molar-refractivity contribution in [2.45, 2.75) is 19.9 Å². The van der Waals surface area contributed by atoms with Gasteiger partial charge in [0.15, 0.2) is 0 Å². The predicted octanol–water partition coefficient (Wildman–Crippen LogP) is 2.74. The zero-order valence-corrected chi connectivity index (χ0v) is 9.76. The third-order valence-electron chi connectivity index (χ3n) is 2.96. The minimum Gasteiger partial charge on any atom is -0.478 e. The highest BCUT2D eigenvalue weighted by Crippen LogP contribution is 2.11. The van der Waals surface area contributed by atoms with Crippen LogP contribution in [0.1, 0.15) is 21.6 Å². The molecule has 0 atom stereocenters. The molecule has 0 aliphatic rings. The molecule has 0 unspecified atom stereocenters. The summed E-state index contributed by atoms with van der Waals surface area (Å²) in [6.45, 7) is 2.65. The summed E-state index contributed by atoms with van der Waals surface area (Å²) in [6.07, 6.45) is 2.75. The van der Waals surface area contributed by atoms with E-state index in [-0.39, 0.29) is 0 Å². The number of carboxylic acids is 1. The molecule has 0 aliphatic heterocycles. The molecule has 1 heterocycles. The van der Waals surface area contributed by atoms with Crippen molar-refractivity contribution in [1.82, 2.24) is 4.57 Å². The Bertz CT molecular complexity index is 514. The second-order valence-corrected chi connectivity index (χ2v) is 4.05. The van der Waals surface area contributed by atoms with Crippen molar-refractivity contribution in [3.05, 3.63) is 59.4 Å². The van der Waals surface area contributed by atoms with E-state index in [0.717, 1.165) is 18.7 Å². The smallest absolute Gasteiger partial charge is 0.337 e. The fraction of sp³-hybridized carbons (Fsp3) is 0.214. The Morgan fingerprint density at radius 1 is 1.24 bits per heavy atom. The Balaban J connectivity index is 2.07. The molecular formula is C14H15NO2. The van der Waals surface area contributed by atoms with Crippen LogP contribution in [0.15, 0.2) is 42.6 Å².